The monoisotopic (exact) mass is 233 g/mol. The maximum absolute atomic E-state index is 9.25. The highest BCUT2D eigenvalue weighted by atomic mass is 32.2. The van der Waals surface area contributed by atoms with Gasteiger partial charge in [-0.25, -0.2) is 0 Å². The predicted molar refractivity (Wildman–Crippen MR) is 65.3 cm³/mol. The summed E-state index contributed by atoms with van der Waals surface area (Å²) >= 11 is 2.04. The molecular weight excluding hydrogens is 210 g/mol. The first kappa shape index (κ1) is 13.3. The van der Waals surface area contributed by atoms with Crippen LogP contribution in [0.5, 0.6) is 0 Å². The summed E-state index contributed by atoms with van der Waals surface area (Å²) in [4.78, 5) is 2.37. The Bertz CT molecular complexity index is 185. The number of rotatable bonds is 5. The minimum absolute atomic E-state index is 0.0595. The van der Waals surface area contributed by atoms with Gasteiger partial charge < -0.3 is 15.1 Å². The summed E-state index contributed by atoms with van der Waals surface area (Å²) in [5, 5.41) is 19.2. The molecule has 0 aromatic heterocycles. The van der Waals surface area contributed by atoms with Crippen LogP contribution < -0.4 is 0 Å². The standard InChI is InChI=1S/C11H23NO2S/c1-3-10-6-12(4-5-15-10)7-11(2,8-13)9-14/h10,13-14H,3-9H2,1-2H3. The van der Waals surface area contributed by atoms with Crippen LogP contribution in [0.3, 0.4) is 0 Å². The van der Waals surface area contributed by atoms with Crippen LogP contribution in [0.15, 0.2) is 0 Å². The van der Waals surface area contributed by atoms with Crippen LogP contribution in [0.2, 0.25) is 0 Å². The molecule has 1 aliphatic rings. The first-order chi connectivity index (χ1) is 7.13. The van der Waals surface area contributed by atoms with E-state index in [1.54, 1.807) is 0 Å². The van der Waals surface area contributed by atoms with Gasteiger partial charge in [-0.3, -0.25) is 0 Å². The van der Waals surface area contributed by atoms with Gasteiger partial charge in [0.25, 0.3) is 0 Å². The zero-order valence-corrected chi connectivity index (χ0v) is 10.6. The van der Waals surface area contributed by atoms with E-state index < -0.39 is 0 Å². The molecule has 0 spiro atoms. The Morgan fingerprint density at radius 3 is 2.60 bits per heavy atom. The fourth-order valence-electron chi connectivity index (χ4n) is 1.86. The van der Waals surface area contributed by atoms with Crippen LogP contribution in [-0.4, -0.2) is 59.0 Å². The molecule has 0 aromatic carbocycles. The van der Waals surface area contributed by atoms with E-state index in [1.807, 2.05) is 18.7 Å². The summed E-state index contributed by atoms with van der Waals surface area (Å²) in [6.07, 6.45) is 1.20. The third-order valence-electron chi connectivity index (χ3n) is 3.05. The van der Waals surface area contributed by atoms with Crippen molar-refractivity contribution in [3.63, 3.8) is 0 Å². The summed E-state index contributed by atoms with van der Waals surface area (Å²) in [5.74, 6) is 1.17. The Morgan fingerprint density at radius 2 is 2.07 bits per heavy atom. The molecule has 1 saturated heterocycles. The van der Waals surface area contributed by atoms with Crippen LogP contribution in [0.4, 0.5) is 0 Å². The van der Waals surface area contributed by atoms with Gasteiger partial charge >= 0.3 is 0 Å². The third kappa shape index (κ3) is 3.94. The number of nitrogens with zero attached hydrogens (tertiary/aromatic N) is 1. The van der Waals surface area contributed by atoms with Crippen molar-refractivity contribution in [2.75, 3.05) is 38.6 Å². The van der Waals surface area contributed by atoms with Gasteiger partial charge in [0.05, 0.1) is 13.2 Å². The van der Waals surface area contributed by atoms with E-state index in [0.717, 1.165) is 24.9 Å². The average Bonchev–Trinajstić information content (AvgIpc) is 2.29. The molecule has 4 heteroatoms. The van der Waals surface area contributed by atoms with Gasteiger partial charge in [-0.1, -0.05) is 13.8 Å². The molecule has 3 nitrogen and oxygen atoms in total. The van der Waals surface area contributed by atoms with Crippen LogP contribution >= 0.6 is 11.8 Å². The summed E-state index contributed by atoms with van der Waals surface area (Å²) in [6, 6.07) is 0. The predicted octanol–water partition coefficient (Wildman–Crippen LogP) is 0.805. The maximum Gasteiger partial charge on any atom is 0.0519 e. The van der Waals surface area contributed by atoms with E-state index in [9.17, 15) is 10.2 Å². The summed E-state index contributed by atoms with van der Waals surface area (Å²) < 4.78 is 0. The molecule has 1 aliphatic heterocycles. The fraction of sp³-hybridized carbons (Fsp3) is 1.00. The first-order valence-corrected chi connectivity index (χ1v) is 6.74. The number of aliphatic hydroxyl groups is 2. The Morgan fingerprint density at radius 1 is 1.40 bits per heavy atom. The molecule has 15 heavy (non-hydrogen) atoms. The smallest absolute Gasteiger partial charge is 0.0519 e. The van der Waals surface area contributed by atoms with Gasteiger partial charge in [0, 0.05) is 36.1 Å². The van der Waals surface area contributed by atoms with Crippen LogP contribution in [-0.2, 0) is 0 Å². The lowest BCUT2D eigenvalue weighted by atomic mass is 9.92. The molecule has 0 amide bonds. The highest BCUT2D eigenvalue weighted by Crippen LogP contribution is 2.24. The van der Waals surface area contributed by atoms with Crippen molar-refractivity contribution in [2.24, 2.45) is 5.41 Å². The second kappa shape index (κ2) is 6.09. The Balaban J connectivity index is 2.43. The van der Waals surface area contributed by atoms with Crippen LogP contribution in [0.25, 0.3) is 0 Å². The number of hydrogen-bond acceptors (Lipinski definition) is 4. The van der Waals surface area contributed by atoms with E-state index in [4.69, 9.17) is 0 Å². The Labute approximate surface area is 96.9 Å². The molecule has 0 bridgehead atoms. The maximum atomic E-state index is 9.25. The molecule has 1 unspecified atom stereocenters. The normalized spacial score (nSPS) is 24.4. The molecule has 0 saturated carbocycles. The highest BCUT2D eigenvalue weighted by Gasteiger charge is 2.28. The number of thioether (sulfide) groups is 1. The first-order valence-electron chi connectivity index (χ1n) is 5.69. The quantitative estimate of drug-likeness (QED) is 0.737. The molecule has 0 radical (unpaired) electrons. The lowest BCUT2D eigenvalue weighted by Gasteiger charge is -2.37. The lowest BCUT2D eigenvalue weighted by Crippen LogP contribution is -2.46. The van der Waals surface area contributed by atoms with Gasteiger partial charge in [0.1, 0.15) is 0 Å². The van der Waals surface area contributed by atoms with E-state index in [1.165, 1.54) is 12.2 Å². The van der Waals surface area contributed by atoms with E-state index in [2.05, 4.69) is 11.8 Å². The van der Waals surface area contributed by atoms with Gasteiger partial charge in [0.15, 0.2) is 0 Å². The highest BCUT2D eigenvalue weighted by molar-refractivity contribution is 8.00. The van der Waals surface area contributed by atoms with E-state index in [-0.39, 0.29) is 18.6 Å². The van der Waals surface area contributed by atoms with Crippen molar-refractivity contribution in [3.05, 3.63) is 0 Å². The van der Waals surface area contributed by atoms with Gasteiger partial charge in [-0.15, -0.1) is 0 Å². The molecule has 1 heterocycles. The van der Waals surface area contributed by atoms with Gasteiger partial charge in [-0.05, 0) is 6.42 Å². The Hall–Kier alpha value is 0.230. The van der Waals surface area contributed by atoms with Crippen molar-refractivity contribution in [1.29, 1.82) is 0 Å². The molecule has 0 aromatic rings. The largest absolute Gasteiger partial charge is 0.396 e. The van der Waals surface area contributed by atoms with Crippen molar-refractivity contribution in [1.82, 2.24) is 4.90 Å². The van der Waals surface area contributed by atoms with E-state index >= 15 is 0 Å². The van der Waals surface area contributed by atoms with Crippen LogP contribution in [0.1, 0.15) is 20.3 Å². The second-order valence-corrected chi connectivity index (χ2v) is 6.17. The molecule has 1 fully saturated rings. The average molecular weight is 233 g/mol. The van der Waals surface area contributed by atoms with Crippen LogP contribution in [0, 0.1) is 5.41 Å². The zero-order valence-electron chi connectivity index (χ0n) is 9.78. The number of aliphatic hydroxyl groups excluding tert-OH is 2. The minimum Gasteiger partial charge on any atom is -0.396 e. The minimum atomic E-state index is -0.347. The molecule has 0 aliphatic carbocycles. The summed E-state index contributed by atoms with van der Waals surface area (Å²) in [5.41, 5.74) is -0.347. The topological polar surface area (TPSA) is 43.7 Å². The molecular formula is C11H23NO2S. The fourth-order valence-corrected chi connectivity index (χ4v) is 3.11. The zero-order chi connectivity index (χ0) is 11.3. The number of hydrogen-bond donors (Lipinski definition) is 2. The summed E-state index contributed by atoms with van der Waals surface area (Å²) in [7, 11) is 0. The molecule has 2 N–H and O–H groups in total. The third-order valence-corrected chi connectivity index (χ3v) is 4.42. The van der Waals surface area contributed by atoms with Crippen molar-refractivity contribution in [2.45, 2.75) is 25.5 Å². The summed E-state index contributed by atoms with van der Waals surface area (Å²) in [6.45, 7) is 7.26. The Kier molecular flexibility index (Phi) is 5.39. The van der Waals surface area contributed by atoms with Crippen molar-refractivity contribution in [3.8, 4) is 0 Å². The SMILES string of the molecule is CCC1CN(CC(C)(CO)CO)CCS1. The molecule has 1 atom stereocenters. The molecule has 90 valence electrons. The van der Waals surface area contributed by atoms with Gasteiger partial charge in [0.2, 0.25) is 0 Å². The molecule has 1 rings (SSSR count). The van der Waals surface area contributed by atoms with E-state index in [0.29, 0.717) is 0 Å². The van der Waals surface area contributed by atoms with Crippen molar-refractivity contribution >= 4 is 11.8 Å². The lowest BCUT2D eigenvalue weighted by molar-refractivity contribution is 0.0359. The van der Waals surface area contributed by atoms with Gasteiger partial charge in [-0.2, -0.15) is 11.8 Å². The van der Waals surface area contributed by atoms with Crippen molar-refractivity contribution < 1.29 is 10.2 Å². The second-order valence-electron chi connectivity index (χ2n) is 4.76.